The fraction of sp³-hybridized carbons (Fsp3) is 0.667. The van der Waals surface area contributed by atoms with Crippen LogP contribution in [0.5, 0.6) is 0 Å². The zero-order valence-electron chi connectivity index (χ0n) is 3.73. The van der Waals surface area contributed by atoms with Gasteiger partial charge in [-0.25, -0.2) is 0 Å². The van der Waals surface area contributed by atoms with Crippen molar-refractivity contribution in [1.82, 2.24) is 0 Å². The Hall–Kier alpha value is 0.910. The molecule has 0 atom stereocenters. The summed E-state index contributed by atoms with van der Waals surface area (Å²) in [6.07, 6.45) is 0. The van der Waals surface area contributed by atoms with Gasteiger partial charge in [-0.2, -0.15) is 0 Å². The van der Waals surface area contributed by atoms with Crippen LogP contribution in [0.25, 0.3) is 0 Å². The highest BCUT2D eigenvalue weighted by atomic mass is 80.0. The van der Waals surface area contributed by atoms with Gasteiger partial charge in [-0.1, -0.05) is 47.8 Å². The quantitative estimate of drug-likeness (QED) is 0.576. The molecule has 0 unspecified atom stereocenters. The van der Waals surface area contributed by atoms with Crippen LogP contribution in [0.3, 0.4) is 0 Å². The molecule has 48 valence electrons. The molecule has 0 N–H and O–H groups in total. The molecule has 0 aliphatic carbocycles. The summed E-state index contributed by atoms with van der Waals surface area (Å²) in [5.41, 5.74) is 0. The highest BCUT2D eigenvalue weighted by molar-refractivity contribution is 9.39. The summed E-state index contributed by atoms with van der Waals surface area (Å²) in [5, 5.41) is 0. The minimum atomic E-state index is -0.464. The molecule has 0 aliphatic rings. The van der Waals surface area contributed by atoms with Crippen LogP contribution in [0, 0.1) is 0 Å². The Bertz CT molecular complexity index is 77.1. The zero-order valence-corrected chi connectivity index (χ0v) is 8.49. The number of hydrogen-bond donors (Lipinski definition) is 0. The van der Waals surface area contributed by atoms with Crippen molar-refractivity contribution in [3.63, 3.8) is 0 Å². The van der Waals surface area contributed by atoms with Gasteiger partial charge in [0.25, 0.3) is 6.47 Å². The van der Waals surface area contributed by atoms with Crippen LogP contribution in [0.15, 0.2) is 0 Å². The number of carbonyl (C=O) groups is 1. The van der Waals surface area contributed by atoms with Crippen molar-refractivity contribution in [3.05, 3.63) is 0 Å². The van der Waals surface area contributed by atoms with Gasteiger partial charge in [0.15, 0.2) is 2.14 Å². The molecule has 0 saturated carbocycles. The smallest absolute Gasteiger partial charge is 0.293 e. The van der Waals surface area contributed by atoms with Crippen LogP contribution in [0.1, 0.15) is 0 Å². The van der Waals surface area contributed by atoms with E-state index in [4.69, 9.17) is 0 Å². The summed E-state index contributed by atoms with van der Waals surface area (Å²) < 4.78 is 3.91. The summed E-state index contributed by atoms with van der Waals surface area (Å²) >= 11 is 9.39. The van der Waals surface area contributed by atoms with Crippen molar-refractivity contribution in [2.45, 2.75) is 2.14 Å². The molecular formula is C3H3Br3O2. The molecule has 0 bridgehead atoms. The van der Waals surface area contributed by atoms with Crippen molar-refractivity contribution in [2.75, 3.05) is 6.61 Å². The topological polar surface area (TPSA) is 26.3 Å². The van der Waals surface area contributed by atoms with Gasteiger partial charge < -0.3 is 4.74 Å². The molecule has 5 heteroatoms. The molecule has 0 aromatic carbocycles. The molecule has 2 nitrogen and oxygen atoms in total. The minimum absolute atomic E-state index is 0.247. The Labute approximate surface area is 72.3 Å². The standard InChI is InChI=1S/C3H3Br3O2/c4-3(5,6)1-8-2-7/h2H,1H2. The first-order valence-electron chi connectivity index (χ1n) is 1.68. The van der Waals surface area contributed by atoms with E-state index in [2.05, 4.69) is 52.5 Å². The maximum absolute atomic E-state index is 9.57. The fourth-order valence-electron chi connectivity index (χ4n) is 0.129. The Morgan fingerprint density at radius 2 is 2.00 bits per heavy atom. The van der Waals surface area contributed by atoms with Gasteiger partial charge in [0.05, 0.1) is 0 Å². The third kappa shape index (κ3) is 6.91. The second-order valence-electron chi connectivity index (χ2n) is 1.02. The number of ether oxygens (including phenoxy) is 1. The van der Waals surface area contributed by atoms with E-state index in [0.29, 0.717) is 6.47 Å². The van der Waals surface area contributed by atoms with Gasteiger partial charge >= 0.3 is 0 Å². The summed E-state index contributed by atoms with van der Waals surface area (Å²) in [6, 6.07) is 0. The van der Waals surface area contributed by atoms with Crippen molar-refractivity contribution >= 4 is 54.3 Å². The van der Waals surface area contributed by atoms with Crippen LogP contribution in [0.2, 0.25) is 0 Å². The van der Waals surface area contributed by atoms with Crippen LogP contribution in [-0.2, 0) is 9.53 Å². The first kappa shape index (κ1) is 8.91. The largest absolute Gasteiger partial charge is 0.465 e. The number of rotatable bonds is 2. The zero-order chi connectivity index (χ0) is 6.62. The molecule has 0 radical (unpaired) electrons. The maximum Gasteiger partial charge on any atom is 0.293 e. The number of carbonyl (C=O) groups excluding carboxylic acids is 1. The third-order valence-corrected chi connectivity index (χ3v) is 1.00. The monoisotopic (exact) mass is 308 g/mol. The SMILES string of the molecule is O=COCC(Br)(Br)Br. The predicted molar refractivity (Wildman–Crippen MR) is 41.5 cm³/mol. The van der Waals surface area contributed by atoms with Crippen molar-refractivity contribution in [3.8, 4) is 0 Å². The van der Waals surface area contributed by atoms with E-state index in [1.54, 1.807) is 0 Å². The highest BCUT2D eigenvalue weighted by Gasteiger charge is 2.17. The molecule has 0 heterocycles. The van der Waals surface area contributed by atoms with Gasteiger partial charge in [0, 0.05) is 0 Å². The van der Waals surface area contributed by atoms with Crippen molar-refractivity contribution in [1.29, 1.82) is 0 Å². The number of hydrogen-bond acceptors (Lipinski definition) is 2. The molecule has 0 saturated heterocycles. The lowest BCUT2D eigenvalue weighted by Gasteiger charge is -2.07. The van der Waals surface area contributed by atoms with Crippen molar-refractivity contribution < 1.29 is 9.53 Å². The fourth-order valence-corrected chi connectivity index (χ4v) is 0.525. The summed E-state index contributed by atoms with van der Waals surface area (Å²) in [7, 11) is 0. The predicted octanol–water partition coefficient (Wildman–Crippen LogP) is 2.00. The molecule has 0 rings (SSSR count). The van der Waals surface area contributed by atoms with Gasteiger partial charge in [0.1, 0.15) is 6.61 Å². The van der Waals surface area contributed by atoms with E-state index in [0.717, 1.165) is 0 Å². The number of halogens is 3. The average Bonchev–Trinajstić information content (AvgIpc) is 1.59. The Kier molecular flexibility index (Phi) is 4.28. The molecule has 0 aliphatic heterocycles. The van der Waals surface area contributed by atoms with Gasteiger partial charge in [0.2, 0.25) is 0 Å². The molecule has 0 fully saturated rings. The molecule has 0 aromatic rings. The third-order valence-electron chi connectivity index (χ3n) is 0.315. The van der Waals surface area contributed by atoms with E-state index in [1.165, 1.54) is 0 Å². The molecule has 0 amide bonds. The molecule has 8 heavy (non-hydrogen) atoms. The highest BCUT2D eigenvalue weighted by Crippen LogP contribution is 2.32. The van der Waals surface area contributed by atoms with Gasteiger partial charge in [-0.15, -0.1) is 0 Å². The van der Waals surface area contributed by atoms with Gasteiger partial charge in [-0.05, 0) is 0 Å². The van der Waals surface area contributed by atoms with E-state index >= 15 is 0 Å². The number of alkyl halides is 3. The Morgan fingerprint density at radius 3 is 2.12 bits per heavy atom. The normalized spacial score (nSPS) is 10.9. The average molecular weight is 311 g/mol. The van der Waals surface area contributed by atoms with Gasteiger partial charge in [-0.3, -0.25) is 4.79 Å². The van der Waals surface area contributed by atoms with E-state index in [1.807, 2.05) is 0 Å². The molecule has 0 spiro atoms. The summed E-state index contributed by atoms with van der Waals surface area (Å²) in [6.45, 7) is 0.634. The van der Waals surface area contributed by atoms with Crippen LogP contribution < -0.4 is 0 Å². The van der Waals surface area contributed by atoms with E-state index < -0.39 is 2.14 Å². The lowest BCUT2D eigenvalue weighted by atomic mass is 10.9. The van der Waals surface area contributed by atoms with E-state index in [9.17, 15) is 4.79 Å². The van der Waals surface area contributed by atoms with Crippen LogP contribution in [-0.4, -0.2) is 15.2 Å². The lowest BCUT2D eigenvalue weighted by Crippen LogP contribution is -2.09. The van der Waals surface area contributed by atoms with E-state index in [-0.39, 0.29) is 6.61 Å². The lowest BCUT2D eigenvalue weighted by molar-refractivity contribution is -0.128. The summed E-state index contributed by atoms with van der Waals surface area (Å²) in [4.78, 5) is 9.57. The van der Waals surface area contributed by atoms with Crippen LogP contribution in [0.4, 0.5) is 0 Å². The minimum Gasteiger partial charge on any atom is -0.465 e. The van der Waals surface area contributed by atoms with Crippen molar-refractivity contribution in [2.24, 2.45) is 0 Å². The maximum atomic E-state index is 9.57. The van der Waals surface area contributed by atoms with Crippen LogP contribution >= 0.6 is 47.8 Å². The summed E-state index contributed by atoms with van der Waals surface area (Å²) in [5.74, 6) is 0. The Balaban J connectivity index is 3.24. The Morgan fingerprint density at radius 1 is 1.50 bits per heavy atom. The molecule has 0 aromatic heterocycles. The second-order valence-corrected chi connectivity index (χ2v) is 8.28. The first-order valence-corrected chi connectivity index (χ1v) is 4.06. The molecular weight excluding hydrogens is 308 g/mol. The second kappa shape index (κ2) is 3.85. The first-order chi connectivity index (χ1) is 3.56.